The minimum atomic E-state index is 0.621. The number of nitrogens with zero attached hydrogens (tertiary/aromatic N) is 3. The van der Waals surface area contributed by atoms with Crippen molar-refractivity contribution in [2.45, 2.75) is 26.3 Å². The number of ether oxygens (including phenoxy) is 2. The maximum absolute atomic E-state index is 5.65. The summed E-state index contributed by atoms with van der Waals surface area (Å²) in [4.78, 5) is 10.7. The molecule has 0 amide bonds. The van der Waals surface area contributed by atoms with Gasteiger partial charge in [0.15, 0.2) is 17.5 Å². The standard InChI is InChI=1S/C22H33N5O2/c1-6-29-20-15-17(11-12-19(20)28-5)9-7-14-25-22(23-2)26-16-18-10-8-13-24-21(18)27(3)4/h8,10-13,15H,6-7,9,14,16H2,1-5H3,(H2,23,25,26). The summed E-state index contributed by atoms with van der Waals surface area (Å²) in [5, 5.41) is 6.73. The Hall–Kier alpha value is -2.96. The zero-order chi connectivity index (χ0) is 21.1. The molecule has 2 rings (SSSR count). The number of rotatable bonds is 10. The van der Waals surface area contributed by atoms with Gasteiger partial charge in [0.2, 0.25) is 0 Å². The molecular formula is C22H33N5O2. The zero-order valence-corrected chi connectivity index (χ0v) is 18.2. The second-order valence-corrected chi connectivity index (χ2v) is 6.75. The molecule has 0 unspecified atom stereocenters. The van der Waals surface area contributed by atoms with Crippen LogP contribution in [0.4, 0.5) is 5.82 Å². The summed E-state index contributed by atoms with van der Waals surface area (Å²) in [7, 11) is 7.43. The van der Waals surface area contributed by atoms with Crippen LogP contribution in [0.1, 0.15) is 24.5 Å². The van der Waals surface area contributed by atoms with Crippen molar-refractivity contribution in [3.63, 3.8) is 0 Å². The number of benzene rings is 1. The predicted molar refractivity (Wildman–Crippen MR) is 119 cm³/mol. The van der Waals surface area contributed by atoms with Crippen LogP contribution in [0.15, 0.2) is 41.5 Å². The van der Waals surface area contributed by atoms with Crippen molar-refractivity contribution in [3.05, 3.63) is 47.7 Å². The molecule has 0 saturated carbocycles. The molecule has 2 aromatic rings. The minimum absolute atomic E-state index is 0.621. The fourth-order valence-corrected chi connectivity index (χ4v) is 3.01. The molecular weight excluding hydrogens is 366 g/mol. The quantitative estimate of drug-likeness (QED) is 0.364. The maximum Gasteiger partial charge on any atom is 0.191 e. The number of nitrogens with one attached hydrogen (secondary N) is 2. The van der Waals surface area contributed by atoms with Gasteiger partial charge >= 0.3 is 0 Å². The van der Waals surface area contributed by atoms with Crippen molar-refractivity contribution in [1.82, 2.24) is 15.6 Å². The van der Waals surface area contributed by atoms with Crippen molar-refractivity contribution in [1.29, 1.82) is 0 Å². The monoisotopic (exact) mass is 399 g/mol. The molecule has 1 heterocycles. The molecule has 7 nitrogen and oxygen atoms in total. The van der Waals surface area contributed by atoms with Crippen LogP contribution in [0.2, 0.25) is 0 Å². The Morgan fingerprint density at radius 1 is 1.17 bits per heavy atom. The fraction of sp³-hybridized carbons (Fsp3) is 0.455. The van der Waals surface area contributed by atoms with Crippen molar-refractivity contribution in [2.75, 3.05) is 46.3 Å². The Bertz CT molecular complexity index is 793. The SMILES string of the molecule is CCOc1cc(CCCNC(=NC)NCc2cccnc2N(C)C)ccc1OC. The van der Waals surface area contributed by atoms with Crippen molar-refractivity contribution < 1.29 is 9.47 Å². The summed E-state index contributed by atoms with van der Waals surface area (Å²) >= 11 is 0. The zero-order valence-electron chi connectivity index (χ0n) is 18.2. The molecule has 0 aliphatic carbocycles. The molecule has 7 heteroatoms. The molecule has 0 saturated heterocycles. The Morgan fingerprint density at radius 3 is 2.69 bits per heavy atom. The Morgan fingerprint density at radius 2 is 2.00 bits per heavy atom. The van der Waals surface area contributed by atoms with E-state index in [4.69, 9.17) is 9.47 Å². The summed E-state index contributed by atoms with van der Waals surface area (Å²) in [6.07, 6.45) is 3.73. The van der Waals surface area contributed by atoms with Gasteiger partial charge in [0.25, 0.3) is 0 Å². The highest BCUT2D eigenvalue weighted by Gasteiger charge is 2.07. The average Bonchev–Trinajstić information content (AvgIpc) is 2.73. The van der Waals surface area contributed by atoms with E-state index in [0.29, 0.717) is 13.2 Å². The minimum Gasteiger partial charge on any atom is -0.493 e. The number of aromatic nitrogens is 1. The molecule has 0 aliphatic heterocycles. The molecule has 158 valence electrons. The van der Waals surface area contributed by atoms with E-state index in [1.165, 1.54) is 5.56 Å². The van der Waals surface area contributed by atoms with Gasteiger partial charge in [-0.15, -0.1) is 0 Å². The summed E-state index contributed by atoms with van der Waals surface area (Å²) in [6.45, 7) is 4.08. The van der Waals surface area contributed by atoms with Crippen LogP contribution in [0, 0.1) is 0 Å². The van der Waals surface area contributed by atoms with Crippen molar-refractivity contribution in [2.24, 2.45) is 4.99 Å². The number of aliphatic imine (C=N–C) groups is 1. The molecule has 1 aromatic carbocycles. The van der Waals surface area contributed by atoms with Gasteiger partial charge in [0.1, 0.15) is 5.82 Å². The lowest BCUT2D eigenvalue weighted by molar-refractivity contribution is 0.310. The molecule has 0 fully saturated rings. The van der Waals surface area contributed by atoms with Crippen LogP contribution in [0.3, 0.4) is 0 Å². The van der Waals surface area contributed by atoms with E-state index in [-0.39, 0.29) is 0 Å². The lowest BCUT2D eigenvalue weighted by atomic mass is 10.1. The second kappa shape index (κ2) is 11.8. The smallest absolute Gasteiger partial charge is 0.191 e. The first kappa shape index (κ1) is 22.3. The van der Waals surface area contributed by atoms with Gasteiger partial charge in [-0.3, -0.25) is 4.99 Å². The topological polar surface area (TPSA) is 71.0 Å². The van der Waals surface area contributed by atoms with Crippen LogP contribution < -0.4 is 25.0 Å². The number of pyridine rings is 1. The van der Waals surface area contributed by atoms with Gasteiger partial charge in [-0.05, 0) is 43.5 Å². The third-order valence-electron chi connectivity index (χ3n) is 4.42. The number of hydrogen-bond donors (Lipinski definition) is 2. The van der Waals surface area contributed by atoms with E-state index in [2.05, 4.69) is 38.8 Å². The normalized spacial score (nSPS) is 11.1. The fourth-order valence-electron chi connectivity index (χ4n) is 3.01. The number of methoxy groups -OCH3 is 1. The largest absolute Gasteiger partial charge is 0.493 e. The van der Waals surface area contributed by atoms with E-state index >= 15 is 0 Å². The molecule has 29 heavy (non-hydrogen) atoms. The van der Waals surface area contributed by atoms with E-state index in [1.807, 2.05) is 44.2 Å². The number of hydrogen-bond acceptors (Lipinski definition) is 5. The van der Waals surface area contributed by atoms with Crippen LogP contribution in [0.25, 0.3) is 0 Å². The first-order valence-corrected chi connectivity index (χ1v) is 9.94. The van der Waals surface area contributed by atoms with Gasteiger partial charge in [0, 0.05) is 46.0 Å². The lowest BCUT2D eigenvalue weighted by Gasteiger charge is -2.17. The van der Waals surface area contributed by atoms with Crippen LogP contribution in [0.5, 0.6) is 11.5 Å². The highest BCUT2D eigenvalue weighted by atomic mass is 16.5. The predicted octanol–water partition coefficient (Wildman–Crippen LogP) is 2.85. The first-order chi connectivity index (χ1) is 14.1. The van der Waals surface area contributed by atoms with Gasteiger partial charge in [-0.25, -0.2) is 4.98 Å². The summed E-state index contributed by atoms with van der Waals surface area (Å²) < 4.78 is 11.0. The van der Waals surface area contributed by atoms with Crippen LogP contribution >= 0.6 is 0 Å². The highest BCUT2D eigenvalue weighted by Crippen LogP contribution is 2.28. The van der Waals surface area contributed by atoms with Gasteiger partial charge < -0.3 is 25.0 Å². The summed E-state index contributed by atoms with van der Waals surface area (Å²) in [5.74, 6) is 3.31. The third-order valence-corrected chi connectivity index (χ3v) is 4.42. The van der Waals surface area contributed by atoms with E-state index in [9.17, 15) is 0 Å². The molecule has 1 aromatic heterocycles. The van der Waals surface area contributed by atoms with E-state index in [0.717, 1.165) is 48.2 Å². The maximum atomic E-state index is 5.65. The second-order valence-electron chi connectivity index (χ2n) is 6.75. The third kappa shape index (κ3) is 6.85. The van der Waals surface area contributed by atoms with Gasteiger partial charge in [-0.1, -0.05) is 12.1 Å². The average molecular weight is 400 g/mol. The molecule has 0 spiro atoms. The van der Waals surface area contributed by atoms with Crippen molar-refractivity contribution >= 4 is 11.8 Å². The summed E-state index contributed by atoms with van der Waals surface area (Å²) in [6, 6.07) is 10.1. The van der Waals surface area contributed by atoms with Gasteiger partial charge in [-0.2, -0.15) is 0 Å². The molecule has 2 N–H and O–H groups in total. The molecule has 0 atom stereocenters. The molecule has 0 radical (unpaired) electrons. The molecule has 0 bridgehead atoms. The Labute approximate surface area is 174 Å². The highest BCUT2D eigenvalue weighted by molar-refractivity contribution is 5.79. The Kier molecular flexibility index (Phi) is 9.08. The van der Waals surface area contributed by atoms with E-state index < -0.39 is 0 Å². The van der Waals surface area contributed by atoms with Crippen LogP contribution in [-0.4, -0.2) is 52.3 Å². The Balaban J connectivity index is 1.81. The molecule has 0 aliphatic rings. The van der Waals surface area contributed by atoms with Crippen molar-refractivity contribution in [3.8, 4) is 11.5 Å². The van der Waals surface area contributed by atoms with Gasteiger partial charge in [0.05, 0.1) is 13.7 Å². The van der Waals surface area contributed by atoms with Crippen LogP contribution in [-0.2, 0) is 13.0 Å². The number of aryl methyl sites for hydroxylation is 1. The first-order valence-electron chi connectivity index (χ1n) is 9.94. The van der Waals surface area contributed by atoms with E-state index in [1.54, 1.807) is 14.2 Å². The number of guanidine groups is 1. The lowest BCUT2D eigenvalue weighted by Crippen LogP contribution is -2.37. The number of anilines is 1. The summed E-state index contributed by atoms with van der Waals surface area (Å²) in [5.41, 5.74) is 2.35.